The fourth-order valence-corrected chi connectivity index (χ4v) is 3.21. The van der Waals surface area contributed by atoms with Gasteiger partial charge in [-0.25, -0.2) is 0 Å². The first kappa shape index (κ1) is 19.6. The van der Waals surface area contributed by atoms with Crippen molar-refractivity contribution < 1.29 is 19.1 Å². The van der Waals surface area contributed by atoms with Crippen molar-refractivity contribution in [2.45, 2.75) is 32.7 Å². The molecule has 0 bridgehead atoms. The van der Waals surface area contributed by atoms with Crippen molar-refractivity contribution in [1.82, 2.24) is 5.32 Å². The van der Waals surface area contributed by atoms with Crippen molar-refractivity contribution in [2.75, 3.05) is 6.61 Å². The summed E-state index contributed by atoms with van der Waals surface area (Å²) in [6, 6.07) is 14.0. The summed E-state index contributed by atoms with van der Waals surface area (Å²) in [6.07, 6.45) is 0.721. The molecule has 0 spiro atoms. The average Bonchev–Trinajstić information content (AvgIpc) is 2.96. The van der Waals surface area contributed by atoms with Gasteiger partial charge in [0.15, 0.2) is 0 Å². The number of amides is 2. The highest BCUT2D eigenvalue weighted by molar-refractivity contribution is 6.09. The summed E-state index contributed by atoms with van der Waals surface area (Å²) in [6.45, 7) is 4.52. The van der Waals surface area contributed by atoms with Crippen LogP contribution in [0.3, 0.4) is 0 Å². The minimum atomic E-state index is -1.55. The van der Waals surface area contributed by atoms with Crippen LogP contribution in [0.4, 0.5) is 0 Å². The molecule has 28 heavy (non-hydrogen) atoms. The van der Waals surface area contributed by atoms with E-state index in [1.165, 1.54) is 18.1 Å². The molecule has 3 aromatic rings. The van der Waals surface area contributed by atoms with E-state index in [9.17, 15) is 14.7 Å². The quantitative estimate of drug-likeness (QED) is 0.611. The maximum atomic E-state index is 12.8. The van der Waals surface area contributed by atoms with Crippen LogP contribution in [0.2, 0.25) is 0 Å². The van der Waals surface area contributed by atoms with Gasteiger partial charge in [-0.05, 0) is 50.5 Å². The number of primary amides is 1. The third-order valence-electron chi connectivity index (χ3n) is 4.90. The molecule has 1 atom stereocenters. The summed E-state index contributed by atoms with van der Waals surface area (Å²) < 4.78 is 5.71. The predicted octanol–water partition coefficient (Wildman–Crippen LogP) is 2.61. The van der Waals surface area contributed by atoms with E-state index in [1.54, 1.807) is 6.92 Å². The van der Waals surface area contributed by atoms with E-state index < -0.39 is 24.0 Å². The Kier molecular flexibility index (Phi) is 5.25. The van der Waals surface area contributed by atoms with Crippen LogP contribution in [-0.4, -0.2) is 29.1 Å². The number of fused-ring (bicyclic) bond motifs is 1. The summed E-state index contributed by atoms with van der Waals surface area (Å²) in [4.78, 5) is 24.5. The predicted molar refractivity (Wildman–Crippen MR) is 107 cm³/mol. The Bertz CT molecular complexity index is 1050. The second-order valence-corrected chi connectivity index (χ2v) is 7.34. The number of aliphatic hydroxyl groups excluding tert-OH is 1. The first-order valence-electron chi connectivity index (χ1n) is 9.04. The molecule has 6 nitrogen and oxygen atoms in total. The molecule has 2 amide bonds. The van der Waals surface area contributed by atoms with Crippen LogP contribution < -0.4 is 11.1 Å². The number of aliphatic hydroxyl groups is 1. The van der Waals surface area contributed by atoms with Crippen LogP contribution in [0.1, 0.15) is 39.7 Å². The number of carbonyl (C=O) groups is 2. The Morgan fingerprint density at radius 3 is 2.50 bits per heavy atom. The van der Waals surface area contributed by atoms with E-state index in [1.807, 2.05) is 37.3 Å². The van der Waals surface area contributed by atoms with Crippen LogP contribution >= 0.6 is 0 Å². The lowest BCUT2D eigenvalue weighted by molar-refractivity contribution is -0.124. The molecule has 1 heterocycles. The SMILES string of the molecule is Cc1cccc(Cc2ccc3oc(C)c(C(=O)N[C@@](C)(CO)C(N)=O)c3c2)c1. The molecule has 6 heteroatoms. The van der Waals surface area contributed by atoms with E-state index >= 15 is 0 Å². The number of aryl methyl sites for hydroxylation is 2. The topological polar surface area (TPSA) is 106 Å². The summed E-state index contributed by atoms with van der Waals surface area (Å²) >= 11 is 0. The summed E-state index contributed by atoms with van der Waals surface area (Å²) in [7, 11) is 0. The molecule has 1 aromatic heterocycles. The van der Waals surface area contributed by atoms with E-state index in [-0.39, 0.29) is 0 Å². The number of hydrogen-bond acceptors (Lipinski definition) is 4. The first-order valence-corrected chi connectivity index (χ1v) is 9.04. The van der Waals surface area contributed by atoms with Crippen molar-refractivity contribution in [3.63, 3.8) is 0 Å². The zero-order valence-corrected chi connectivity index (χ0v) is 16.2. The molecule has 0 unspecified atom stereocenters. The number of furan rings is 1. The van der Waals surface area contributed by atoms with Gasteiger partial charge in [0.05, 0.1) is 12.2 Å². The van der Waals surface area contributed by atoms with Crippen molar-refractivity contribution in [2.24, 2.45) is 5.73 Å². The van der Waals surface area contributed by atoms with Crippen LogP contribution in [0, 0.1) is 13.8 Å². The molecule has 0 saturated heterocycles. The summed E-state index contributed by atoms with van der Waals surface area (Å²) in [5.41, 5.74) is 8.08. The zero-order chi connectivity index (χ0) is 20.5. The van der Waals surface area contributed by atoms with E-state index in [2.05, 4.69) is 17.4 Å². The largest absolute Gasteiger partial charge is 0.461 e. The van der Waals surface area contributed by atoms with Crippen LogP contribution in [0.25, 0.3) is 11.0 Å². The maximum absolute atomic E-state index is 12.8. The lowest BCUT2D eigenvalue weighted by atomic mass is 9.99. The van der Waals surface area contributed by atoms with Gasteiger partial charge in [0.25, 0.3) is 5.91 Å². The molecule has 0 saturated carbocycles. The van der Waals surface area contributed by atoms with Crippen LogP contribution in [0.15, 0.2) is 46.9 Å². The Morgan fingerprint density at radius 2 is 1.86 bits per heavy atom. The third-order valence-corrected chi connectivity index (χ3v) is 4.90. The molecule has 0 fully saturated rings. The number of nitrogens with one attached hydrogen (secondary N) is 1. The van der Waals surface area contributed by atoms with Gasteiger partial charge in [-0.1, -0.05) is 35.9 Å². The van der Waals surface area contributed by atoms with E-state index in [0.29, 0.717) is 22.3 Å². The van der Waals surface area contributed by atoms with Crippen molar-refractivity contribution in [3.8, 4) is 0 Å². The Balaban J connectivity index is 1.97. The average molecular weight is 380 g/mol. The Morgan fingerprint density at radius 1 is 1.14 bits per heavy atom. The highest BCUT2D eigenvalue weighted by atomic mass is 16.3. The monoisotopic (exact) mass is 380 g/mol. The lowest BCUT2D eigenvalue weighted by Crippen LogP contribution is -2.57. The minimum absolute atomic E-state index is 0.335. The highest BCUT2D eigenvalue weighted by Crippen LogP contribution is 2.28. The van der Waals surface area contributed by atoms with Gasteiger partial charge in [0, 0.05) is 5.39 Å². The van der Waals surface area contributed by atoms with Crippen LogP contribution in [-0.2, 0) is 11.2 Å². The highest BCUT2D eigenvalue weighted by Gasteiger charge is 2.34. The number of rotatable bonds is 6. The van der Waals surface area contributed by atoms with Crippen molar-refractivity contribution in [3.05, 3.63) is 70.5 Å². The van der Waals surface area contributed by atoms with Crippen molar-refractivity contribution >= 4 is 22.8 Å². The van der Waals surface area contributed by atoms with Gasteiger partial charge < -0.3 is 20.6 Å². The first-order chi connectivity index (χ1) is 13.2. The third kappa shape index (κ3) is 3.77. The van der Waals surface area contributed by atoms with Gasteiger partial charge in [-0.3, -0.25) is 9.59 Å². The summed E-state index contributed by atoms with van der Waals surface area (Å²) in [5, 5.41) is 12.7. The molecule has 0 aliphatic rings. The minimum Gasteiger partial charge on any atom is -0.461 e. The molecule has 3 rings (SSSR count). The molecule has 4 N–H and O–H groups in total. The van der Waals surface area contributed by atoms with Crippen molar-refractivity contribution in [1.29, 1.82) is 0 Å². The van der Waals surface area contributed by atoms with Gasteiger partial charge >= 0.3 is 0 Å². The number of carbonyl (C=O) groups excluding carboxylic acids is 2. The molecule has 0 aliphatic heterocycles. The standard InChI is InChI=1S/C22H24N2O4/c1-13-5-4-6-15(9-13)10-16-7-8-18-17(11-16)19(14(2)28-18)20(26)24-22(3,12-25)21(23)27/h4-9,11,25H,10,12H2,1-3H3,(H2,23,27)(H,24,26)/t22-/m0/s1. The Hall–Kier alpha value is -3.12. The second kappa shape index (κ2) is 7.48. The fraction of sp³-hybridized carbons (Fsp3) is 0.273. The number of hydrogen-bond donors (Lipinski definition) is 3. The number of nitrogens with two attached hydrogens (primary N) is 1. The van der Waals surface area contributed by atoms with Crippen LogP contribution in [0.5, 0.6) is 0 Å². The fourth-order valence-electron chi connectivity index (χ4n) is 3.21. The van der Waals surface area contributed by atoms with Gasteiger partial charge in [-0.15, -0.1) is 0 Å². The molecule has 2 aromatic carbocycles. The second-order valence-electron chi connectivity index (χ2n) is 7.34. The smallest absolute Gasteiger partial charge is 0.256 e. The molecular weight excluding hydrogens is 356 g/mol. The Labute approximate surface area is 163 Å². The van der Waals surface area contributed by atoms with Gasteiger partial charge in [0.2, 0.25) is 5.91 Å². The van der Waals surface area contributed by atoms with Gasteiger partial charge in [0.1, 0.15) is 16.9 Å². The van der Waals surface area contributed by atoms with Gasteiger partial charge in [-0.2, -0.15) is 0 Å². The molecule has 0 radical (unpaired) electrons. The molecule has 146 valence electrons. The number of benzene rings is 2. The molecule has 0 aliphatic carbocycles. The molecular formula is C22H24N2O4. The zero-order valence-electron chi connectivity index (χ0n) is 16.2. The lowest BCUT2D eigenvalue weighted by Gasteiger charge is -2.24. The summed E-state index contributed by atoms with van der Waals surface area (Å²) in [5.74, 6) is -0.891. The van der Waals surface area contributed by atoms with E-state index in [0.717, 1.165) is 12.0 Å². The van der Waals surface area contributed by atoms with E-state index in [4.69, 9.17) is 10.2 Å². The normalized spacial score (nSPS) is 13.3. The maximum Gasteiger partial charge on any atom is 0.256 e.